The third-order valence-corrected chi connectivity index (χ3v) is 2.19. The minimum Gasteiger partial charge on any atom is -0.398 e. The normalized spacial score (nSPS) is 10.3. The third kappa shape index (κ3) is 1.19. The van der Waals surface area contributed by atoms with E-state index in [-0.39, 0.29) is 0 Å². The van der Waals surface area contributed by atoms with Gasteiger partial charge in [-0.2, -0.15) is 0 Å². The summed E-state index contributed by atoms with van der Waals surface area (Å²) >= 11 is 0. The molecule has 0 saturated carbocycles. The molecule has 1 amide bonds. The number of fused-ring (bicyclic) bond motifs is 1. The van der Waals surface area contributed by atoms with Gasteiger partial charge in [0.05, 0.1) is 5.56 Å². The highest BCUT2D eigenvalue weighted by molar-refractivity contribution is 6.06. The first-order valence-electron chi connectivity index (χ1n) is 4.27. The van der Waals surface area contributed by atoms with Crippen LogP contribution in [0.15, 0.2) is 36.4 Å². The van der Waals surface area contributed by atoms with Crippen molar-refractivity contribution in [3.8, 4) is 11.1 Å². The van der Waals surface area contributed by atoms with Crippen LogP contribution in [0.3, 0.4) is 0 Å². The lowest BCUT2D eigenvalue weighted by Gasteiger charge is -1.96. The van der Waals surface area contributed by atoms with Crippen molar-refractivity contribution in [1.29, 1.82) is 0 Å². The van der Waals surface area contributed by atoms with Crippen LogP contribution in [0.2, 0.25) is 0 Å². The summed E-state index contributed by atoms with van der Waals surface area (Å²) in [5.74, 6) is -0.483. The smallest absolute Gasteiger partial charge is 0.251 e. The number of carbonyl (C=O) groups is 1. The molecule has 0 saturated heterocycles. The maximum atomic E-state index is 11.1. The molecule has 3 nitrogen and oxygen atoms in total. The zero-order valence-corrected chi connectivity index (χ0v) is 7.53. The highest BCUT2D eigenvalue weighted by Gasteiger charge is 2.16. The molecular formula is C11H10N2O. The molecule has 0 spiro atoms. The number of amides is 1. The van der Waals surface area contributed by atoms with Crippen molar-refractivity contribution in [2.75, 3.05) is 5.73 Å². The molecule has 4 N–H and O–H groups in total. The van der Waals surface area contributed by atoms with Gasteiger partial charge in [-0.15, -0.1) is 0 Å². The average Bonchev–Trinajstić information content (AvgIpc) is 2.31. The fraction of sp³-hybridized carbons (Fsp3) is 0. The Morgan fingerprint density at radius 1 is 1.14 bits per heavy atom. The van der Waals surface area contributed by atoms with Crippen molar-refractivity contribution >= 4 is 11.6 Å². The molecular weight excluding hydrogens is 176 g/mol. The van der Waals surface area contributed by atoms with Crippen LogP contribution in [0.1, 0.15) is 10.4 Å². The van der Waals surface area contributed by atoms with Gasteiger partial charge in [0.25, 0.3) is 5.91 Å². The highest BCUT2D eigenvalue weighted by Crippen LogP contribution is 2.32. The number of nitrogens with two attached hydrogens (primary N) is 2. The molecule has 0 aliphatic heterocycles. The summed E-state index contributed by atoms with van der Waals surface area (Å²) in [6.45, 7) is 0. The average molecular weight is 186 g/mol. The maximum Gasteiger partial charge on any atom is 0.251 e. The first kappa shape index (κ1) is 8.56. The van der Waals surface area contributed by atoms with Gasteiger partial charge in [0, 0.05) is 5.69 Å². The molecule has 3 heteroatoms. The number of anilines is 1. The Balaban J connectivity index is 2.77. The second-order valence-corrected chi connectivity index (χ2v) is 3.12. The van der Waals surface area contributed by atoms with Crippen LogP contribution in [0.5, 0.6) is 0 Å². The first-order chi connectivity index (χ1) is 6.70. The SMILES string of the molecule is NC(=O)c1c(N)cc2cccccc1-2. The molecule has 0 bridgehead atoms. The Morgan fingerprint density at radius 3 is 2.57 bits per heavy atom. The monoisotopic (exact) mass is 186 g/mol. The molecule has 0 unspecified atom stereocenters. The van der Waals surface area contributed by atoms with Crippen molar-refractivity contribution in [2.45, 2.75) is 0 Å². The molecule has 2 rings (SSSR count). The van der Waals surface area contributed by atoms with Crippen LogP contribution in [-0.2, 0) is 0 Å². The van der Waals surface area contributed by atoms with Crippen LogP contribution in [0.4, 0.5) is 5.69 Å². The molecule has 2 aliphatic carbocycles. The lowest BCUT2D eigenvalue weighted by atomic mass is 10.1. The van der Waals surface area contributed by atoms with Gasteiger partial charge in [-0.1, -0.05) is 30.3 Å². The van der Waals surface area contributed by atoms with Crippen LogP contribution >= 0.6 is 0 Å². The molecule has 14 heavy (non-hydrogen) atoms. The standard InChI is InChI=1S/C11H10N2O/c12-9-6-7-4-2-1-3-5-8(7)10(9)11(13)14/h1-6H,12H2,(H2,13,14). The number of nitrogen functional groups attached to an aromatic ring is 1. The summed E-state index contributed by atoms with van der Waals surface area (Å²) in [7, 11) is 0. The largest absolute Gasteiger partial charge is 0.398 e. The van der Waals surface area contributed by atoms with Gasteiger partial charge < -0.3 is 11.5 Å². The number of primary amides is 1. The highest BCUT2D eigenvalue weighted by atomic mass is 16.1. The minimum absolute atomic E-state index is 0.413. The molecule has 0 heterocycles. The van der Waals surface area contributed by atoms with Gasteiger partial charge in [0.15, 0.2) is 0 Å². The van der Waals surface area contributed by atoms with Crippen LogP contribution in [-0.4, -0.2) is 5.91 Å². The van der Waals surface area contributed by atoms with E-state index in [2.05, 4.69) is 0 Å². The second-order valence-electron chi connectivity index (χ2n) is 3.12. The molecule has 0 fully saturated rings. The number of rotatable bonds is 1. The predicted octanol–water partition coefficient (Wildman–Crippen LogP) is 1.47. The Labute approximate surface area is 81.7 Å². The van der Waals surface area contributed by atoms with Crippen molar-refractivity contribution in [3.63, 3.8) is 0 Å². The van der Waals surface area contributed by atoms with Gasteiger partial charge in [-0.3, -0.25) is 4.79 Å². The Morgan fingerprint density at radius 2 is 1.86 bits per heavy atom. The predicted molar refractivity (Wildman–Crippen MR) is 56.0 cm³/mol. The summed E-state index contributed by atoms with van der Waals surface area (Å²) in [4.78, 5) is 11.1. The number of hydrogen-bond donors (Lipinski definition) is 2. The van der Waals surface area contributed by atoms with Gasteiger partial charge in [-0.25, -0.2) is 0 Å². The van der Waals surface area contributed by atoms with E-state index in [0.717, 1.165) is 11.1 Å². The molecule has 0 aromatic carbocycles. The molecule has 0 aromatic heterocycles. The summed E-state index contributed by atoms with van der Waals surface area (Å²) in [5.41, 5.74) is 13.5. The third-order valence-electron chi connectivity index (χ3n) is 2.19. The fourth-order valence-electron chi connectivity index (χ4n) is 1.58. The van der Waals surface area contributed by atoms with Crippen molar-refractivity contribution in [3.05, 3.63) is 42.0 Å². The number of hydrogen-bond acceptors (Lipinski definition) is 2. The Bertz CT molecular complexity index is 465. The van der Waals surface area contributed by atoms with E-state index in [4.69, 9.17) is 11.5 Å². The van der Waals surface area contributed by atoms with E-state index in [1.165, 1.54) is 0 Å². The van der Waals surface area contributed by atoms with E-state index in [1.807, 2.05) is 30.3 Å². The zero-order valence-electron chi connectivity index (χ0n) is 7.53. The zero-order chi connectivity index (χ0) is 10.1. The van der Waals surface area contributed by atoms with Crippen LogP contribution < -0.4 is 11.5 Å². The van der Waals surface area contributed by atoms with E-state index in [9.17, 15) is 4.79 Å². The van der Waals surface area contributed by atoms with E-state index in [1.54, 1.807) is 6.07 Å². The summed E-state index contributed by atoms with van der Waals surface area (Å²) in [6, 6.07) is 11.1. The van der Waals surface area contributed by atoms with E-state index in [0.29, 0.717) is 11.3 Å². The second kappa shape index (κ2) is 3.03. The molecule has 0 radical (unpaired) electrons. The quantitative estimate of drug-likeness (QED) is 0.708. The molecule has 0 aromatic rings. The lowest BCUT2D eigenvalue weighted by Crippen LogP contribution is -2.12. The maximum absolute atomic E-state index is 11.1. The van der Waals surface area contributed by atoms with Gasteiger partial charge >= 0.3 is 0 Å². The molecule has 0 atom stereocenters. The Kier molecular flexibility index (Phi) is 1.85. The summed E-state index contributed by atoms with van der Waals surface area (Å²) in [5, 5.41) is 0. The van der Waals surface area contributed by atoms with Crippen LogP contribution in [0.25, 0.3) is 11.1 Å². The van der Waals surface area contributed by atoms with Gasteiger partial charge in [0.2, 0.25) is 0 Å². The van der Waals surface area contributed by atoms with Crippen molar-refractivity contribution in [2.24, 2.45) is 5.73 Å². The van der Waals surface area contributed by atoms with Gasteiger partial charge in [-0.05, 0) is 17.2 Å². The summed E-state index contributed by atoms with van der Waals surface area (Å²) in [6.07, 6.45) is 0. The molecule has 70 valence electrons. The van der Waals surface area contributed by atoms with Crippen molar-refractivity contribution < 1.29 is 4.79 Å². The molecule has 2 aliphatic rings. The van der Waals surface area contributed by atoms with Crippen molar-refractivity contribution in [1.82, 2.24) is 0 Å². The summed E-state index contributed by atoms with van der Waals surface area (Å²) < 4.78 is 0. The van der Waals surface area contributed by atoms with Gasteiger partial charge in [0.1, 0.15) is 0 Å². The number of carbonyl (C=O) groups excluding carboxylic acids is 1. The topological polar surface area (TPSA) is 69.1 Å². The van der Waals surface area contributed by atoms with Crippen LogP contribution in [0, 0.1) is 0 Å². The van der Waals surface area contributed by atoms with E-state index >= 15 is 0 Å². The minimum atomic E-state index is -0.483. The fourth-order valence-corrected chi connectivity index (χ4v) is 1.58. The van der Waals surface area contributed by atoms with E-state index < -0.39 is 5.91 Å². The first-order valence-corrected chi connectivity index (χ1v) is 4.27. The Hall–Kier alpha value is -2.03. The lowest BCUT2D eigenvalue weighted by molar-refractivity contribution is 0.100.